The Kier molecular flexibility index (Phi) is 3.73. The highest BCUT2D eigenvalue weighted by Gasteiger charge is 2.37. The third-order valence-electron chi connectivity index (χ3n) is 3.77. The molecule has 1 saturated heterocycles. The summed E-state index contributed by atoms with van der Waals surface area (Å²) < 4.78 is 6.79. The Labute approximate surface area is 119 Å². The number of halogens is 1. The number of nitrogens with zero attached hydrogens (tertiary/aromatic N) is 1. The van der Waals surface area contributed by atoms with Crippen LogP contribution in [0.15, 0.2) is 15.9 Å². The summed E-state index contributed by atoms with van der Waals surface area (Å²) >= 11 is 4.92. The van der Waals surface area contributed by atoms with Crippen molar-refractivity contribution in [1.82, 2.24) is 4.90 Å². The first-order valence-electron chi connectivity index (χ1n) is 6.42. The first-order chi connectivity index (χ1) is 8.75. The van der Waals surface area contributed by atoms with E-state index in [0.29, 0.717) is 12.6 Å². The van der Waals surface area contributed by atoms with Crippen LogP contribution in [-0.2, 0) is 4.74 Å². The lowest BCUT2D eigenvalue weighted by molar-refractivity contribution is -0.0751. The van der Waals surface area contributed by atoms with Crippen molar-refractivity contribution >= 4 is 33.2 Å². The van der Waals surface area contributed by atoms with Crippen LogP contribution in [0.3, 0.4) is 0 Å². The fourth-order valence-electron chi connectivity index (χ4n) is 2.92. The summed E-state index contributed by atoms with van der Waals surface area (Å²) in [5.74, 6) is 0.172. The van der Waals surface area contributed by atoms with Gasteiger partial charge < -0.3 is 9.64 Å². The summed E-state index contributed by atoms with van der Waals surface area (Å²) in [6, 6.07) is 2.21. The maximum absolute atomic E-state index is 12.5. The number of thiophene rings is 1. The van der Waals surface area contributed by atoms with E-state index in [9.17, 15) is 4.79 Å². The number of fused-ring (bicyclic) bond motifs is 1. The summed E-state index contributed by atoms with van der Waals surface area (Å²) in [4.78, 5) is 15.4. The van der Waals surface area contributed by atoms with E-state index >= 15 is 0 Å². The zero-order chi connectivity index (χ0) is 12.5. The van der Waals surface area contributed by atoms with Crippen molar-refractivity contribution in [2.75, 3.05) is 13.2 Å². The topological polar surface area (TPSA) is 29.5 Å². The molecule has 1 saturated carbocycles. The Hall–Kier alpha value is -0.390. The zero-order valence-corrected chi connectivity index (χ0v) is 12.5. The average molecular weight is 330 g/mol. The summed E-state index contributed by atoms with van der Waals surface area (Å²) in [6.07, 6.45) is 4.89. The van der Waals surface area contributed by atoms with Crippen LogP contribution in [0.5, 0.6) is 0 Å². The van der Waals surface area contributed by atoms with E-state index in [1.54, 1.807) is 0 Å². The minimum atomic E-state index is 0.172. The summed E-state index contributed by atoms with van der Waals surface area (Å²) in [6.45, 7) is 1.41. The van der Waals surface area contributed by atoms with Gasteiger partial charge in [0, 0.05) is 16.4 Å². The summed E-state index contributed by atoms with van der Waals surface area (Å²) in [5, 5.41) is 1.96. The second kappa shape index (κ2) is 5.31. The first kappa shape index (κ1) is 12.6. The second-order valence-electron chi connectivity index (χ2n) is 4.89. The van der Waals surface area contributed by atoms with E-state index in [-0.39, 0.29) is 12.0 Å². The molecule has 3 nitrogen and oxygen atoms in total. The molecule has 3 rings (SSSR count). The predicted octanol–water partition coefficient (Wildman–Crippen LogP) is 3.29. The standard InChI is InChI=1S/C13H16BrNO2S/c14-9-7-12(18-8-9)13(16)15-5-6-17-11-4-2-1-3-10(11)15/h7-8,10-11H,1-6H2/t10-,11+/m0/s1. The Morgan fingerprint density at radius 2 is 2.28 bits per heavy atom. The Bertz CT molecular complexity index is 446. The molecule has 0 bridgehead atoms. The smallest absolute Gasteiger partial charge is 0.264 e. The van der Waals surface area contributed by atoms with Crippen LogP contribution in [0.2, 0.25) is 0 Å². The van der Waals surface area contributed by atoms with Crippen LogP contribution in [0.25, 0.3) is 0 Å². The van der Waals surface area contributed by atoms with Crippen molar-refractivity contribution in [2.24, 2.45) is 0 Å². The maximum Gasteiger partial charge on any atom is 0.264 e. The number of rotatable bonds is 1. The molecule has 2 heterocycles. The van der Waals surface area contributed by atoms with E-state index in [1.807, 2.05) is 16.3 Å². The number of carbonyl (C=O) groups excluding carboxylic acids is 1. The van der Waals surface area contributed by atoms with Gasteiger partial charge in [0.15, 0.2) is 0 Å². The molecule has 1 aromatic rings. The number of hydrogen-bond acceptors (Lipinski definition) is 3. The number of carbonyl (C=O) groups is 1. The lowest BCUT2D eigenvalue weighted by Gasteiger charge is -2.43. The molecule has 1 aliphatic heterocycles. The molecule has 1 aliphatic carbocycles. The number of ether oxygens (including phenoxy) is 1. The molecule has 98 valence electrons. The average Bonchev–Trinajstić information content (AvgIpc) is 2.84. The SMILES string of the molecule is O=C(c1cc(Br)cs1)N1CCO[C@@H]2CCCC[C@@H]21. The first-order valence-corrected chi connectivity index (χ1v) is 8.09. The van der Waals surface area contributed by atoms with Crippen molar-refractivity contribution in [3.8, 4) is 0 Å². The fraction of sp³-hybridized carbons (Fsp3) is 0.615. The lowest BCUT2D eigenvalue weighted by atomic mass is 9.90. The number of morpholine rings is 1. The predicted molar refractivity (Wildman–Crippen MR) is 75.1 cm³/mol. The van der Waals surface area contributed by atoms with E-state index < -0.39 is 0 Å². The molecule has 2 atom stereocenters. The molecular formula is C13H16BrNO2S. The zero-order valence-electron chi connectivity index (χ0n) is 10.1. The van der Waals surface area contributed by atoms with E-state index in [0.717, 1.165) is 28.7 Å². The second-order valence-corrected chi connectivity index (χ2v) is 6.72. The molecule has 18 heavy (non-hydrogen) atoms. The van der Waals surface area contributed by atoms with Crippen LogP contribution in [-0.4, -0.2) is 36.1 Å². The largest absolute Gasteiger partial charge is 0.374 e. The third-order valence-corrected chi connectivity index (χ3v) is 5.45. The minimum Gasteiger partial charge on any atom is -0.374 e. The van der Waals surface area contributed by atoms with Crippen LogP contribution in [0.4, 0.5) is 0 Å². The molecule has 2 aliphatic rings. The molecular weight excluding hydrogens is 314 g/mol. The van der Waals surface area contributed by atoms with Crippen molar-refractivity contribution in [1.29, 1.82) is 0 Å². The van der Waals surface area contributed by atoms with Gasteiger partial charge in [-0.3, -0.25) is 4.79 Å². The number of amides is 1. The van der Waals surface area contributed by atoms with Gasteiger partial charge in [0.05, 0.1) is 23.6 Å². The molecule has 2 fully saturated rings. The molecule has 0 unspecified atom stereocenters. The van der Waals surface area contributed by atoms with Crippen LogP contribution < -0.4 is 0 Å². The summed E-state index contributed by atoms with van der Waals surface area (Å²) in [5.41, 5.74) is 0. The summed E-state index contributed by atoms with van der Waals surface area (Å²) in [7, 11) is 0. The quantitative estimate of drug-likeness (QED) is 0.791. The maximum atomic E-state index is 12.5. The van der Waals surface area contributed by atoms with Crippen molar-refractivity contribution in [2.45, 2.75) is 37.8 Å². The van der Waals surface area contributed by atoms with Gasteiger partial charge in [-0.15, -0.1) is 11.3 Å². The molecule has 5 heteroatoms. The van der Waals surface area contributed by atoms with Gasteiger partial charge in [-0.2, -0.15) is 0 Å². The highest BCUT2D eigenvalue weighted by atomic mass is 79.9. The van der Waals surface area contributed by atoms with Gasteiger partial charge in [0.1, 0.15) is 0 Å². The van der Waals surface area contributed by atoms with Crippen LogP contribution in [0.1, 0.15) is 35.4 Å². The molecule has 0 radical (unpaired) electrons. The van der Waals surface area contributed by atoms with Gasteiger partial charge in [0.25, 0.3) is 5.91 Å². The van der Waals surface area contributed by atoms with Crippen molar-refractivity contribution in [3.63, 3.8) is 0 Å². The Morgan fingerprint density at radius 3 is 3.06 bits per heavy atom. The Balaban J connectivity index is 1.79. The van der Waals surface area contributed by atoms with E-state index in [1.165, 1.54) is 24.2 Å². The van der Waals surface area contributed by atoms with Crippen molar-refractivity contribution < 1.29 is 9.53 Å². The van der Waals surface area contributed by atoms with E-state index in [2.05, 4.69) is 15.9 Å². The highest BCUT2D eigenvalue weighted by molar-refractivity contribution is 9.10. The van der Waals surface area contributed by atoms with Crippen molar-refractivity contribution in [3.05, 3.63) is 20.8 Å². The molecule has 0 N–H and O–H groups in total. The van der Waals surface area contributed by atoms with Gasteiger partial charge in [0.2, 0.25) is 0 Å². The molecule has 0 spiro atoms. The molecule has 0 aromatic carbocycles. The highest BCUT2D eigenvalue weighted by Crippen LogP contribution is 2.30. The molecule has 1 amide bonds. The monoisotopic (exact) mass is 329 g/mol. The van der Waals surface area contributed by atoms with Crippen LogP contribution in [0, 0.1) is 0 Å². The minimum absolute atomic E-state index is 0.172. The van der Waals surface area contributed by atoms with Gasteiger partial charge in [-0.25, -0.2) is 0 Å². The number of hydrogen-bond donors (Lipinski definition) is 0. The fourth-order valence-corrected chi connectivity index (χ4v) is 4.30. The molecule has 1 aromatic heterocycles. The Morgan fingerprint density at radius 1 is 1.44 bits per heavy atom. The van der Waals surface area contributed by atoms with E-state index in [4.69, 9.17) is 4.74 Å². The van der Waals surface area contributed by atoms with Gasteiger partial charge in [-0.1, -0.05) is 12.8 Å². The normalized spacial score (nSPS) is 27.9. The van der Waals surface area contributed by atoms with Crippen LogP contribution >= 0.6 is 27.3 Å². The van der Waals surface area contributed by atoms with Gasteiger partial charge in [-0.05, 0) is 34.8 Å². The van der Waals surface area contributed by atoms with Gasteiger partial charge >= 0.3 is 0 Å². The lowest BCUT2D eigenvalue weighted by Crippen LogP contribution is -2.54. The third kappa shape index (κ3) is 2.36.